The lowest BCUT2D eigenvalue weighted by atomic mass is 9.76. The molecule has 0 amide bonds. The zero-order valence-electron chi connectivity index (χ0n) is 7.12. The molecule has 2 heteroatoms. The molecule has 4 aliphatic rings. The molecule has 64 valence electrons. The maximum absolute atomic E-state index is 10.3. The highest BCUT2D eigenvalue weighted by molar-refractivity contribution is 5.36. The predicted octanol–water partition coefficient (Wildman–Crippen LogP) is 1.90. The van der Waals surface area contributed by atoms with Gasteiger partial charge in [0.05, 0.1) is 5.54 Å². The minimum absolute atomic E-state index is 0.0677. The molecule has 0 N–H and O–H groups in total. The summed E-state index contributed by atoms with van der Waals surface area (Å²) < 4.78 is 0. The fourth-order valence-electron chi connectivity index (χ4n) is 4.00. The summed E-state index contributed by atoms with van der Waals surface area (Å²) in [5.74, 6) is 2.70. The van der Waals surface area contributed by atoms with Crippen molar-refractivity contribution in [2.45, 2.75) is 37.6 Å². The first-order valence-corrected chi connectivity index (χ1v) is 4.90. The average molecular weight is 163 g/mol. The van der Waals surface area contributed by atoms with Crippen molar-refractivity contribution >= 4 is 6.08 Å². The van der Waals surface area contributed by atoms with Crippen molar-refractivity contribution in [3.8, 4) is 0 Å². The van der Waals surface area contributed by atoms with E-state index in [1.54, 1.807) is 6.08 Å². The molecule has 4 aliphatic carbocycles. The highest BCUT2D eigenvalue weighted by Crippen LogP contribution is 2.61. The summed E-state index contributed by atoms with van der Waals surface area (Å²) in [6, 6.07) is 0. The summed E-state index contributed by atoms with van der Waals surface area (Å²) in [4.78, 5) is 14.3. The van der Waals surface area contributed by atoms with Crippen molar-refractivity contribution in [2.75, 3.05) is 0 Å². The van der Waals surface area contributed by atoms with Gasteiger partial charge >= 0.3 is 0 Å². The first-order valence-electron chi connectivity index (χ1n) is 4.90. The van der Waals surface area contributed by atoms with Crippen LogP contribution in [-0.2, 0) is 4.79 Å². The summed E-state index contributed by atoms with van der Waals surface area (Å²) >= 11 is 0. The quantitative estimate of drug-likeness (QED) is 0.429. The van der Waals surface area contributed by atoms with Crippen LogP contribution in [0.25, 0.3) is 0 Å². The van der Waals surface area contributed by atoms with E-state index in [0.29, 0.717) is 0 Å². The van der Waals surface area contributed by atoms with Gasteiger partial charge in [-0.05, 0) is 49.9 Å². The van der Waals surface area contributed by atoms with E-state index in [-0.39, 0.29) is 5.54 Å². The Morgan fingerprint density at radius 3 is 2.33 bits per heavy atom. The molecule has 2 nitrogen and oxygen atoms in total. The van der Waals surface area contributed by atoms with Crippen LogP contribution < -0.4 is 0 Å². The zero-order valence-corrected chi connectivity index (χ0v) is 7.12. The molecule has 0 aromatic carbocycles. The van der Waals surface area contributed by atoms with E-state index >= 15 is 0 Å². The van der Waals surface area contributed by atoms with E-state index in [9.17, 15) is 4.79 Å². The molecule has 0 radical (unpaired) electrons. The van der Waals surface area contributed by atoms with Crippen molar-refractivity contribution in [3.05, 3.63) is 0 Å². The van der Waals surface area contributed by atoms with Crippen molar-refractivity contribution < 1.29 is 4.79 Å². The van der Waals surface area contributed by atoms with E-state index in [2.05, 4.69) is 4.99 Å². The van der Waals surface area contributed by atoms with Gasteiger partial charge < -0.3 is 0 Å². The average Bonchev–Trinajstić information content (AvgIpc) is 2.38. The second kappa shape index (κ2) is 2.00. The number of carbonyl (C=O) groups excluding carboxylic acids is 1. The largest absolute Gasteiger partial charge is 0.235 e. The van der Waals surface area contributed by atoms with Gasteiger partial charge in [0.15, 0.2) is 0 Å². The van der Waals surface area contributed by atoms with Gasteiger partial charge in [-0.15, -0.1) is 0 Å². The van der Waals surface area contributed by atoms with Crippen molar-refractivity contribution in [3.63, 3.8) is 0 Å². The molecule has 0 aromatic rings. The number of aliphatic imine (C=N–C) groups is 1. The Hall–Kier alpha value is -0.620. The molecule has 4 saturated carbocycles. The molecular formula is C10H13NO. The van der Waals surface area contributed by atoms with Crippen molar-refractivity contribution in [1.82, 2.24) is 0 Å². The smallest absolute Gasteiger partial charge is 0.211 e. The lowest BCUT2D eigenvalue weighted by molar-refractivity contribution is 0.235. The van der Waals surface area contributed by atoms with Gasteiger partial charge in [-0.3, -0.25) is 0 Å². The monoisotopic (exact) mass is 163 g/mol. The molecule has 2 unspecified atom stereocenters. The van der Waals surface area contributed by atoms with Gasteiger partial charge in [0.2, 0.25) is 6.08 Å². The Bertz CT molecular complexity index is 248. The van der Waals surface area contributed by atoms with Gasteiger partial charge in [-0.1, -0.05) is 0 Å². The van der Waals surface area contributed by atoms with Crippen LogP contribution in [0.2, 0.25) is 0 Å². The van der Waals surface area contributed by atoms with Crippen LogP contribution in [0.5, 0.6) is 0 Å². The minimum Gasteiger partial charge on any atom is -0.211 e. The Balaban J connectivity index is 1.98. The van der Waals surface area contributed by atoms with E-state index in [0.717, 1.165) is 17.8 Å². The van der Waals surface area contributed by atoms with Crippen LogP contribution in [0.3, 0.4) is 0 Å². The summed E-state index contributed by atoms with van der Waals surface area (Å²) in [6.45, 7) is 0. The lowest BCUT2D eigenvalue weighted by Gasteiger charge is -2.33. The van der Waals surface area contributed by atoms with Gasteiger partial charge in [-0.2, -0.15) is 4.99 Å². The third kappa shape index (κ3) is 0.714. The highest BCUT2D eigenvalue weighted by atomic mass is 16.1. The Morgan fingerprint density at radius 1 is 1.17 bits per heavy atom. The summed E-state index contributed by atoms with van der Waals surface area (Å²) in [5.41, 5.74) is 0.0677. The fraction of sp³-hybridized carbons (Fsp3) is 0.900. The fourth-order valence-corrected chi connectivity index (χ4v) is 4.00. The molecule has 0 aliphatic heterocycles. The van der Waals surface area contributed by atoms with Crippen LogP contribution in [0.1, 0.15) is 32.1 Å². The van der Waals surface area contributed by atoms with Crippen molar-refractivity contribution in [2.24, 2.45) is 22.7 Å². The van der Waals surface area contributed by atoms with Gasteiger partial charge in [0, 0.05) is 0 Å². The summed E-state index contributed by atoms with van der Waals surface area (Å²) in [7, 11) is 0. The minimum atomic E-state index is 0.0677. The van der Waals surface area contributed by atoms with Gasteiger partial charge in [0.25, 0.3) is 0 Å². The van der Waals surface area contributed by atoms with E-state index in [1.807, 2.05) is 0 Å². The second-order valence-electron chi connectivity index (χ2n) is 4.90. The number of nitrogens with zero attached hydrogens (tertiary/aromatic N) is 1. The van der Waals surface area contributed by atoms with E-state index in [1.165, 1.54) is 32.1 Å². The van der Waals surface area contributed by atoms with Gasteiger partial charge in [0.1, 0.15) is 0 Å². The Labute approximate surface area is 72.1 Å². The molecule has 2 atom stereocenters. The summed E-state index contributed by atoms with van der Waals surface area (Å²) in [5, 5.41) is 0. The second-order valence-corrected chi connectivity index (χ2v) is 4.90. The first kappa shape index (κ1) is 6.85. The maximum atomic E-state index is 10.3. The zero-order chi connectivity index (χ0) is 8.18. The van der Waals surface area contributed by atoms with Crippen LogP contribution in [0.15, 0.2) is 4.99 Å². The van der Waals surface area contributed by atoms with Crippen molar-refractivity contribution in [1.29, 1.82) is 0 Å². The molecule has 0 aromatic heterocycles. The van der Waals surface area contributed by atoms with E-state index in [4.69, 9.17) is 0 Å². The van der Waals surface area contributed by atoms with Crippen LogP contribution >= 0.6 is 0 Å². The Kier molecular flexibility index (Phi) is 1.14. The molecular weight excluding hydrogens is 150 g/mol. The normalized spacial score (nSPS) is 54.2. The van der Waals surface area contributed by atoms with Crippen LogP contribution in [0, 0.1) is 17.8 Å². The van der Waals surface area contributed by atoms with Crippen LogP contribution in [0.4, 0.5) is 0 Å². The maximum Gasteiger partial charge on any atom is 0.235 e. The van der Waals surface area contributed by atoms with Gasteiger partial charge in [-0.25, -0.2) is 4.79 Å². The lowest BCUT2D eigenvalue weighted by Crippen LogP contribution is -2.31. The number of hydrogen-bond acceptors (Lipinski definition) is 2. The third-order valence-corrected chi connectivity index (χ3v) is 4.17. The molecule has 4 fully saturated rings. The number of rotatable bonds is 1. The number of isocyanates is 1. The third-order valence-electron chi connectivity index (χ3n) is 4.17. The SMILES string of the molecule is O=C=NC12CC3CC(C1)C(C3)C2. The molecule has 12 heavy (non-hydrogen) atoms. The number of hydrogen-bond donors (Lipinski definition) is 0. The summed E-state index contributed by atoms with van der Waals surface area (Å²) in [6.07, 6.45) is 8.15. The molecule has 0 spiro atoms. The molecule has 0 heterocycles. The Morgan fingerprint density at radius 2 is 1.83 bits per heavy atom. The van der Waals surface area contributed by atoms with Crippen LogP contribution in [-0.4, -0.2) is 11.6 Å². The standard InChI is InChI=1S/C10H13NO/c12-6-11-10-3-7-1-8(4-10)9(2-7)5-10/h7-9H,1-5H2. The van der Waals surface area contributed by atoms with E-state index < -0.39 is 0 Å². The predicted molar refractivity (Wildman–Crippen MR) is 44.4 cm³/mol. The first-order chi connectivity index (χ1) is 5.81. The topological polar surface area (TPSA) is 29.4 Å². The molecule has 4 bridgehead atoms. The molecule has 0 saturated heterocycles. The highest BCUT2D eigenvalue weighted by Gasteiger charge is 2.56. The molecule has 4 rings (SSSR count).